The van der Waals surface area contributed by atoms with Crippen molar-refractivity contribution in [1.29, 1.82) is 0 Å². The van der Waals surface area contributed by atoms with E-state index in [0.717, 1.165) is 29.7 Å². The number of hydrogen-bond acceptors (Lipinski definition) is 3. The molecule has 106 valence electrons. The minimum Gasteiger partial charge on any atom is -0.480 e. The number of benzene rings is 1. The first-order chi connectivity index (χ1) is 9.08. The number of carbonyl (C=O) groups is 1. The summed E-state index contributed by atoms with van der Waals surface area (Å²) in [4.78, 5) is 13.6. The van der Waals surface area contributed by atoms with Crippen molar-refractivity contribution < 1.29 is 9.90 Å². The monoisotopic (exact) mass is 328 g/mol. The average molecular weight is 329 g/mol. The van der Waals surface area contributed by atoms with Gasteiger partial charge in [-0.2, -0.15) is 0 Å². The van der Waals surface area contributed by atoms with E-state index in [1.54, 1.807) is 0 Å². The third-order valence-electron chi connectivity index (χ3n) is 3.12. The van der Waals surface area contributed by atoms with Crippen LogP contribution in [-0.4, -0.2) is 42.2 Å². The number of likely N-dealkylation sites (N-methyl/N-ethyl adjacent to an activating group) is 1. The third kappa shape index (κ3) is 5.30. The lowest BCUT2D eigenvalue weighted by atomic mass is 10.1. The molecule has 1 atom stereocenters. The van der Waals surface area contributed by atoms with Crippen molar-refractivity contribution in [3.8, 4) is 0 Å². The highest BCUT2D eigenvalue weighted by Crippen LogP contribution is 2.17. The van der Waals surface area contributed by atoms with Crippen LogP contribution in [0.1, 0.15) is 25.5 Å². The van der Waals surface area contributed by atoms with Crippen molar-refractivity contribution in [1.82, 2.24) is 10.2 Å². The second-order valence-corrected chi connectivity index (χ2v) is 5.22. The molecule has 5 heteroatoms. The molecule has 0 heterocycles. The fourth-order valence-electron chi connectivity index (χ4n) is 1.91. The molecule has 1 unspecified atom stereocenters. The number of nitrogens with zero attached hydrogens (tertiary/aromatic N) is 1. The fraction of sp³-hybridized carbons (Fsp3) is 0.500. The Labute approximate surface area is 122 Å². The SMILES string of the molecule is CCN(CC)CCNC(C(=O)O)c1ccc(Br)cc1. The summed E-state index contributed by atoms with van der Waals surface area (Å²) in [6.07, 6.45) is 0. The fourth-order valence-corrected chi connectivity index (χ4v) is 2.17. The van der Waals surface area contributed by atoms with Crippen LogP contribution in [0.5, 0.6) is 0 Å². The van der Waals surface area contributed by atoms with Gasteiger partial charge in [-0.25, -0.2) is 0 Å². The van der Waals surface area contributed by atoms with Gasteiger partial charge >= 0.3 is 5.97 Å². The van der Waals surface area contributed by atoms with Gasteiger partial charge in [-0.1, -0.05) is 41.9 Å². The van der Waals surface area contributed by atoms with Crippen LogP contribution >= 0.6 is 15.9 Å². The van der Waals surface area contributed by atoms with E-state index in [2.05, 4.69) is 40.0 Å². The maximum absolute atomic E-state index is 11.3. The Morgan fingerprint density at radius 1 is 1.32 bits per heavy atom. The molecule has 0 radical (unpaired) electrons. The third-order valence-corrected chi connectivity index (χ3v) is 3.65. The number of hydrogen-bond donors (Lipinski definition) is 2. The van der Waals surface area contributed by atoms with Crippen molar-refractivity contribution in [3.05, 3.63) is 34.3 Å². The van der Waals surface area contributed by atoms with Crippen molar-refractivity contribution in [3.63, 3.8) is 0 Å². The summed E-state index contributed by atoms with van der Waals surface area (Å²) in [6.45, 7) is 7.68. The van der Waals surface area contributed by atoms with Gasteiger partial charge < -0.3 is 10.0 Å². The molecule has 0 aliphatic heterocycles. The molecule has 19 heavy (non-hydrogen) atoms. The van der Waals surface area contributed by atoms with Gasteiger partial charge in [0.2, 0.25) is 0 Å². The topological polar surface area (TPSA) is 52.6 Å². The summed E-state index contributed by atoms with van der Waals surface area (Å²) in [5.74, 6) is -0.845. The van der Waals surface area contributed by atoms with E-state index in [9.17, 15) is 9.90 Å². The molecular formula is C14H21BrN2O2. The molecule has 1 aromatic carbocycles. The van der Waals surface area contributed by atoms with Gasteiger partial charge in [-0.3, -0.25) is 10.1 Å². The van der Waals surface area contributed by atoms with E-state index in [4.69, 9.17) is 0 Å². The molecule has 0 amide bonds. The Morgan fingerprint density at radius 2 is 1.89 bits per heavy atom. The van der Waals surface area contributed by atoms with E-state index in [1.807, 2.05) is 24.3 Å². The molecule has 0 saturated heterocycles. The smallest absolute Gasteiger partial charge is 0.325 e. The maximum Gasteiger partial charge on any atom is 0.325 e. The van der Waals surface area contributed by atoms with Gasteiger partial charge in [0.25, 0.3) is 0 Å². The van der Waals surface area contributed by atoms with Crippen LogP contribution in [0.2, 0.25) is 0 Å². The van der Waals surface area contributed by atoms with Crippen molar-refractivity contribution in [2.45, 2.75) is 19.9 Å². The van der Waals surface area contributed by atoms with E-state index in [1.165, 1.54) is 0 Å². The Morgan fingerprint density at radius 3 is 2.37 bits per heavy atom. The van der Waals surface area contributed by atoms with Crippen LogP contribution in [0.25, 0.3) is 0 Å². The van der Waals surface area contributed by atoms with Gasteiger partial charge in [0, 0.05) is 17.6 Å². The van der Waals surface area contributed by atoms with Crippen molar-refractivity contribution >= 4 is 21.9 Å². The summed E-state index contributed by atoms with van der Waals surface area (Å²) in [7, 11) is 0. The molecule has 0 saturated carbocycles. The van der Waals surface area contributed by atoms with Crippen molar-refractivity contribution in [2.75, 3.05) is 26.2 Å². The molecule has 2 N–H and O–H groups in total. The molecule has 1 aromatic rings. The normalized spacial score (nSPS) is 12.6. The average Bonchev–Trinajstić information content (AvgIpc) is 2.40. The predicted molar refractivity (Wildman–Crippen MR) is 80.3 cm³/mol. The standard InChI is InChI=1S/C14H21BrN2O2/c1-3-17(4-2)10-9-16-13(14(18)19)11-5-7-12(15)8-6-11/h5-8,13,16H,3-4,9-10H2,1-2H3,(H,18,19). The molecule has 1 rings (SSSR count). The first-order valence-electron chi connectivity index (χ1n) is 6.52. The lowest BCUT2D eigenvalue weighted by Crippen LogP contribution is -2.36. The van der Waals surface area contributed by atoms with Crippen LogP contribution in [0.15, 0.2) is 28.7 Å². The molecular weight excluding hydrogens is 308 g/mol. The van der Waals surface area contributed by atoms with Gasteiger partial charge in [-0.05, 0) is 30.8 Å². The van der Waals surface area contributed by atoms with Gasteiger partial charge in [0.05, 0.1) is 0 Å². The van der Waals surface area contributed by atoms with Crippen LogP contribution in [0.4, 0.5) is 0 Å². The highest BCUT2D eigenvalue weighted by molar-refractivity contribution is 9.10. The van der Waals surface area contributed by atoms with Crippen LogP contribution in [0, 0.1) is 0 Å². The zero-order valence-electron chi connectivity index (χ0n) is 11.4. The molecule has 0 aliphatic rings. The lowest BCUT2D eigenvalue weighted by molar-refractivity contribution is -0.139. The number of rotatable bonds is 8. The Kier molecular flexibility index (Phi) is 7.05. The quantitative estimate of drug-likeness (QED) is 0.769. The Balaban J connectivity index is 2.59. The first kappa shape index (κ1) is 16.1. The van der Waals surface area contributed by atoms with E-state index >= 15 is 0 Å². The van der Waals surface area contributed by atoms with Gasteiger partial charge in [-0.15, -0.1) is 0 Å². The molecule has 0 aromatic heterocycles. The molecule has 0 bridgehead atoms. The second kappa shape index (κ2) is 8.30. The zero-order chi connectivity index (χ0) is 14.3. The Hall–Kier alpha value is -0.910. The van der Waals surface area contributed by atoms with E-state index in [0.29, 0.717) is 6.54 Å². The highest BCUT2D eigenvalue weighted by Gasteiger charge is 2.18. The number of nitrogens with one attached hydrogen (secondary N) is 1. The predicted octanol–water partition coefficient (Wildman–Crippen LogP) is 2.51. The molecule has 0 aliphatic carbocycles. The summed E-state index contributed by atoms with van der Waals surface area (Å²) in [5, 5.41) is 12.4. The van der Waals surface area contributed by atoms with Crippen molar-refractivity contribution in [2.24, 2.45) is 0 Å². The minimum atomic E-state index is -0.845. The summed E-state index contributed by atoms with van der Waals surface area (Å²) in [6, 6.07) is 6.72. The van der Waals surface area contributed by atoms with Crippen LogP contribution in [-0.2, 0) is 4.79 Å². The van der Waals surface area contributed by atoms with Crippen LogP contribution < -0.4 is 5.32 Å². The highest BCUT2D eigenvalue weighted by atomic mass is 79.9. The molecule has 0 spiro atoms. The lowest BCUT2D eigenvalue weighted by Gasteiger charge is -2.20. The molecule has 4 nitrogen and oxygen atoms in total. The van der Waals surface area contributed by atoms with Crippen LogP contribution in [0.3, 0.4) is 0 Å². The molecule has 0 fully saturated rings. The van der Waals surface area contributed by atoms with E-state index < -0.39 is 12.0 Å². The first-order valence-corrected chi connectivity index (χ1v) is 7.31. The summed E-state index contributed by atoms with van der Waals surface area (Å²) >= 11 is 3.35. The maximum atomic E-state index is 11.3. The Bertz CT molecular complexity index is 391. The number of carboxylic acid groups (broad SMARTS) is 1. The number of halogens is 1. The summed E-state index contributed by atoms with van der Waals surface area (Å²) < 4.78 is 0.948. The van der Waals surface area contributed by atoms with Gasteiger partial charge in [0.15, 0.2) is 0 Å². The number of carboxylic acids is 1. The zero-order valence-corrected chi connectivity index (χ0v) is 13.0. The number of aliphatic carboxylic acids is 1. The van der Waals surface area contributed by atoms with Gasteiger partial charge in [0.1, 0.15) is 6.04 Å². The largest absolute Gasteiger partial charge is 0.480 e. The minimum absolute atomic E-state index is 0.649. The van der Waals surface area contributed by atoms with E-state index in [-0.39, 0.29) is 0 Å². The second-order valence-electron chi connectivity index (χ2n) is 4.30. The summed E-state index contributed by atoms with van der Waals surface area (Å²) in [5.41, 5.74) is 0.773.